The highest BCUT2D eigenvalue weighted by Crippen LogP contribution is 2.26. The summed E-state index contributed by atoms with van der Waals surface area (Å²) < 4.78 is 0. The van der Waals surface area contributed by atoms with Crippen molar-refractivity contribution in [1.29, 1.82) is 0 Å². The van der Waals surface area contributed by atoms with Crippen molar-refractivity contribution in [2.75, 3.05) is 44.0 Å². The summed E-state index contributed by atoms with van der Waals surface area (Å²) in [5.74, 6) is 1.58. The van der Waals surface area contributed by atoms with Crippen molar-refractivity contribution in [2.24, 2.45) is 0 Å². The van der Waals surface area contributed by atoms with Gasteiger partial charge in [0.05, 0.1) is 12.6 Å². The molecule has 8 nitrogen and oxygen atoms in total. The van der Waals surface area contributed by atoms with E-state index < -0.39 is 0 Å². The summed E-state index contributed by atoms with van der Waals surface area (Å²) in [5, 5.41) is 10.1. The first-order valence-corrected chi connectivity index (χ1v) is 8.73. The molecule has 1 aliphatic heterocycles. The van der Waals surface area contributed by atoms with Gasteiger partial charge in [-0.05, 0) is 26.6 Å². The van der Waals surface area contributed by atoms with Crippen LogP contribution in [0.5, 0.6) is 0 Å². The molecule has 1 saturated heterocycles. The van der Waals surface area contributed by atoms with Gasteiger partial charge in [0.2, 0.25) is 5.56 Å². The highest BCUT2D eigenvalue weighted by molar-refractivity contribution is 5.51. The molecule has 0 radical (unpaired) electrons. The normalized spacial score (nSPS) is 20.0. The van der Waals surface area contributed by atoms with Gasteiger partial charge in [0, 0.05) is 44.0 Å². The largest absolute Gasteiger partial charge is 0.391 e. The zero-order chi connectivity index (χ0) is 18.7. The number of aromatic nitrogens is 3. The second kappa shape index (κ2) is 7.84. The molecule has 0 spiro atoms. The van der Waals surface area contributed by atoms with E-state index in [0.29, 0.717) is 13.1 Å². The predicted molar refractivity (Wildman–Crippen MR) is 102 cm³/mol. The van der Waals surface area contributed by atoms with E-state index in [-0.39, 0.29) is 17.7 Å². The minimum Gasteiger partial charge on any atom is -0.391 e. The van der Waals surface area contributed by atoms with Gasteiger partial charge >= 0.3 is 0 Å². The van der Waals surface area contributed by atoms with Crippen LogP contribution in [0.3, 0.4) is 0 Å². The van der Waals surface area contributed by atoms with Crippen molar-refractivity contribution in [3.8, 4) is 0 Å². The molecule has 0 bridgehead atoms. The third-order valence-electron chi connectivity index (χ3n) is 4.53. The lowest BCUT2D eigenvalue weighted by Gasteiger charge is -2.28. The number of β-amino-alcohol motifs (C(OH)–C–C–N with tert-alkyl or cyclic N) is 1. The second-order valence-corrected chi connectivity index (χ2v) is 7.09. The Morgan fingerprint density at radius 3 is 2.85 bits per heavy atom. The maximum absolute atomic E-state index is 11.5. The SMILES string of the molecule is CN(C)C[C@H]1C[C@@H](O)CN1c1cc(N(C)Cc2cccc(=O)[nH]2)ncn1. The number of aliphatic hydroxyl groups is 1. The Hall–Kier alpha value is -2.45. The Balaban J connectivity index is 1.77. The van der Waals surface area contributed by atoms with Gasteiger partial charge in [0.1, 0.15) is 18.0 Å². The van der Waals surface area contributed by atoms with Gasteiger partial charge in [0.25, 0.3) is 0 Å². The molecule has 140 valence electrons. The van der Waals surface area contributed by atoms with Crippen molar-refractivity contribution in [3.63, 3.8) is 0 Å². The van der Waals surface area contributed by atoms with Gasteiger partial charge in [-0.1, -0.05) is 6.07 Å². The van der Waals surface area contributed by atoms with Crippen molar-refractivity contribution < 1.29 is 5.11 Å². The molecule has 0 unspecified atom stereocenters. The van der Waals surface area contributed by atoms with Crippen LogP contribution >= 0.6 is 0 Å². The van der Waals surface area contributed by atoms with Crippen molar-refractivity contribution in [3.05, 3.63) is 46.6 Å². The van der Waals surface area contributed by atoms with Gasteiger partial charge in [-0.3, -0.25) is 4.79 Å². The van der Waals surface area contributed by atoms with Crippen molar-refractivity contribution >= 4 is 11.6 Å². The lowest BCUT2D eigenvalue weighted by Crippen LogP contribution is -2.38. The molecule has 0 saturated carbocycles. The number of anilines is 2. The number of nitrogens with one attached hydrogen (secondary N) is 1. The number of pyridine rings is 1. The number of hydrogen-bond acceptors (Lipinski definition) is 7. The lowest BCUT2D eigenvalue weighted by atomic mass is 10.2. The number of hydrogen-bond donors (Lipinski definition) is 2. The van der Waals surface area contributed by atoms with E-state index in [2.05, 4.69) is 24.8 Å². The Bertz CT molecular complexity index is 793. The molecule has 2 aromatic rings. The Labute approximate surface area is 153 Å². The summed E-state index contributed by atoms with van der Waals surface area (Å²) in [5.41, 5.74) is 0.707. The molecule has 2 atom stereocenters. The summed E-state index contributed by atoms with van der Waals surface area (Å²) in [6, 6.07) is 7.27. The van der Waals surface area contributed by atoms with Crippen molar-refractivity contribution in [1.82, 2.24) is 19.9 Å². The van der Waals surface area contributed by atoms with E-state index in [1.807, 2.05) is 38.2 Å². The maximum atomic E-state index is 11.5. The molecule has 0 aliphatic carbocycles. The van der Waals surface area contributed by atoms with Crippen LogP contribution in [-0.2, 0) is 6.54 Å². The van der Waals surface area contributed by atoms with Crippen LogP contribution in [0.15, 0.2) is 35.4 Å². The number of H-pyrrole nitrogens is 1. The van der Waals surface area contributed by atoms with Crippen LogP contribution in [0.25, 0.3) is 0 Å². The molecule has 3 rings (SSSR count). The van der Waals surface area contributed by atoms with E-state index in [0.717, 1.165) is 30.3 Å². The molecule has 2 N–H and O–H groups in total. The highest BCUT2D eigenvalue weighted by atomic mass is 16.3. The molecular formula is C18H26N6O2. The highest BCUT2D eigenvalue weighted by Gasteiger charge is 2.32. The van der Waals surface area contributed by atoms with Crippen LogP contribution in [0.1, 0.15) is 12.1 Å². The number of rotatable bonds is 6. The zero-order valence-corrected chi connectivity index (χ0v) is 15.5. The molecule has 0 aromatic carbocycles. The first kappa shape index (κ1) is 18.3. The minimum absolute atomic E-state index is 0.114. The van der Waals surface area contributed by atoms with E-state index >= 15 is 0 Å². The van der Waals surface area contributed by atoms with Crippen LogP contribution in [-0.4, -0.2) is 71.3 Å². The molecule has 2 aromatic heterocycles. The van der Waals surface area contributed by atoms with Gasteiger partial charge in [0.15, 0.2) is 0 Å². The molecule has 1 fully saturated rings. The zero-order valence-electron chi connectivity index (χ0n) is 15.5. The van der Waals surface area contributed by atoms with Gasteiger partial charge in [-0.2, -0.15) is 0 Å². The molecule has 26 heavy (non-hydrogen) atoms. The molecular weight excluding hydrogens is 332 g/mol. The van der Waals surface area contributed by atoms with Crippen LogP contribution in [0.2, 0.25) is 0 Å². The maximum Gasteiger partial charge on any atom is 0.248 e. The average Bonchev–Trinajstić information content (AvgIpc) is 2.94. The second-order valence-electron chi connectivity index (χ2n) is 7.09. The molecule has 0 amide bonds. The van der Waals surface area contributed by atoms with E-state index in [1.165, 1.54) is 6.07 Å². The molecule has 1 aliphatic rings. The summed E-state index contributed by atoms with van der Waals surface area (Å²) in [4.78, 5) is 29.3. The first-order valence-electron chi connectivity index (χ1n) is 8.73. The summed E-state index contributed by atoms with van der Waals surface area (Å²) in [6.07, 6.45) is 1.94. The van der Waals surface area contributed by atoms with E-state index in [9.17, 15) is 9.90 Å². The number of nitrogens with zero attached hydrogens (tertiary/aromatic N) is 5. The third-order valence-corrected chi connectivity index (χ3v) is 4.53. The number of aromatic amines is 1. The Kier molecular flexibility index (Phi) is 5.53. The summed E-state index contributed by atoms with van der Waals surface area (Å²) in [6.45, 7) is 1.97. The minimum atomic E-state index is -0.342. The van der Waals surface area contributed by atoms with Gasteiger partial charge < -0.3 is 24.8 Å². The van der Waals surface area contributed by atoms with Gasteiger partial charge in [-0.25, -0.2) is 9.97 Å². The fourth-order valence-corrected chi connectivity index (χ4v) is 3.39. The number of likely N-dealkylation sites (N-methyl/N-ethyl adjacent to an activating group) is 1. The summed E-state index contributed by atoms with van der Waals surface area (Å²) in [7, 11) is 5.99. The summed E-state index contributed by atoms with van der Waals surface area (Å²) >= 11 is 0. The fraction of sp³-hybridized carbons (Fsp3) is 0.500. The first-order chi connectivity index (χ1) is 12.4. The van der Waals surface area contributed by atoms with E-state index in [4.69, 9.17) is 0 Å². The fourth-order valence-electron chi connectivity index (χ4n) is 3.39. The third kappa shape index (κ3) is 4.39. The monoisotopic (exact) mass is 358 g/mol. The quantitative estimate of drug-likeness (QED) is 0.768. The van der Waals surface area contributed by atoms with Crippen molar-refractivity contribution in [2.45, 2.75) is 25.1 Å². The van der Waals surface area contributed by atoms with Crippen LogP contribution in [0.4, 0.5) is 11.6 Å². The predicted octanol–water partition coefficient (Wildman–Crippen LogP) is 0.303. The number of aliphatic hydroxyl groups excluding tert-OH is 1. The van der Waals surface area contributed by atoms with Gasteiger partial charge in [-0.15, -0.1) is 0 Å². The average molecular weight is 358 g/mol. The Morgan fingerprint density at radius 2 is 2.12 bits per heavy atom. The molecule has 8 heteroatoms. The standard InChI is InChI=1S/C18H26N6O2/c1-22(2)10-14-7-15(25)11-24(14)17-8-16(19-12-20-17)23(3)9-13-5-4-6-18(26)21-13/h4-6,8,12,14-15,25H,7,9-11H2,1-3H3,(H,21,26)/t14-,15-/m1/s1. The lowest BCUT2D eigenvalue weighted by molar-refractivity contribution is 0.191. The topological polar surface area (TPSA) is 88.6 Å². The smallest absolute Gasteiger partial charge is 0.248 e. The van der Waals surface area contributed by atoms with Crippen LogP contribution < -0.4 is 15.4 Å². The van der Waals surface area contributed by atoms with E-state index in [1.54, 1.807) is 12.4 Å². The molecule has 3 heterocycles. The Morgan fingerprint density at radius 1 is 1.31 bits per heavy atom. The van der Waals surface area contributed by atoms with Crippen LogP contribution in [0, 0.1) is 0 Å².